The fraction of sp³-hybridized carbons (Fsp3) is 0.467. The molecule has 2 aromatic rings. The van der Waals surface area contributed by atoms with Crippen LogP contribution in [0, 0.1) is 3.57 Å². The number of methoxy groups -OCH3 is 1. The molecule has 2 amide bonds. The molecule has 1 saturated heterocycles. The highest BCUT2D eigenvalue weighted by Gasteiger charge is 2.42. The SMILES string of the molecule is COc1cc(CO)cc(I)c1O[C@H]1C=C(C(=O)NCCO)C[C@@H](N(C[C@H]2CCCO2)C(=O)Cc2ccccc2)[C@@H]1O. The van der Waals surface area contributed by atoms with Crippen LogP contribution in [0.4, 0.5) is 0 Å². The minimum absolute atomic E-state index is 0.0653. The van der Waals surface area contributed by atoms with Crippen LogP contribution < -0.4 is 14.8 Å². The molecule has 1 heterocycles. The third-order valence-corrected chi connectivity index (χ3v) is 8.08. The van der Waals surface area contributed by atoms with Gasteiger partial charge in [0, 0.05) is 31.7 Å². The van der Waals surface area contributed by atoms with Gasteiger partial charge >= 0.3 is 0 Å². The Kier molecular flexibility index (Phi) is 11.4. The van der Waals surface area contributed by atoms with E-state index in [1.54, 1.807) is 23.1 Å². The van der Waals surface area contributed by atoms with Crippen LogP contribution in [0.25, 0.3) is 0 Å². The van der Waals surface area contributed by atoms with Crippen LogP contribution in [0.2, 0.25) is 0 Å². The van der Waals surface area contributed by atoms with Crippen LogP contribution >= 0.6 is 22.6 Å². The van der Waals surface area contributed by atoms with Crippen molar-refractivity contribution in [2.24, 2.45) is 0 Å². The summed E-state index contributed by atoms with van der Waals surface area (Å²) in [6.07, 6.45) is 1.13. The molecule has 0 aromatic heterocycles. The van der Waals surface area contributed by atoms with Crippen molar-refractivity contribution < 1.29 is 39.1 Å². The number of hydrogen-bond acceptors (Lipinski definition) is 8. The van der Waals surface area contributed by atoms with Crippen LogP contribution in [0.3, 0.4) is 0 Å². The number of amides is 2. The smallest absolute Gasteiger partial charge is 0.247 e. The Morgan fingerprint density at radius 2 is 1.95 bits per heavy atom. The van der Waals surface area contributed by atoms with Crippen molar-refractivity contribution in [3.05, 3.63) is 68.8 Å². The number of benzene rings is 2. The minimum atomic E-state index is -1.18. The number of aliphatic hydroxyl groups excluding tert-OH is 3. The zero-order chi connectivity index (χ0) is 29.4. The van der Waals surface area contributed by atoms with Gasteiger partial charge in [-0.15, -0.1) is 0 Å². The van der Waals surface area contributed by atoms with Crippen LogP contribution in [0.15, 0.2) is 54.1 Å². The standard InChI is InChI=1S/C30H37IN2O8/c1-39-26-13-20(18-35)12-23(31)29(26)41-25-16-21(30(38)32-9-10-34)15-24(28(25)37)33(17-22-8-5-11-40-22)27(36)14-19-6-3-2-4-7-19/h2-4,6-7,12-13,16,22,24-25,28,34-35,37H,5,8-11,14-15,17-18H2,1H3,(H,32,38)/t22-,24-,25+,28+/m1/s1. The molecule has 1 aliphatic heterocycles. The normalized spacial score (nSPS) is 22.1. The lowest BCUT2D eigenvalue weighted by Gasteiger charge is -2.41. The van der Waals surface area contributed by atoms with Crippen molar-refractivity contribution in [2.75, 3.05) is 33.4 Å². The Bertz CT molecular complexity index is 1220. The number of carbonyl (C=O) groups excluding carboxylic acids is 2. The number of rotatable bonds is 12. The molecule has 41 heavy (non-hydrogen) atoms. The fourth-order valence-corrected chi connectivity index (χ4v) is 5.99. The molecule has 0 unspecified atom stereocenters. The van der Waals surface area contributed by atoms with Gasteiger partial charge in [0.2, 0.25) is 11.8 Å². The van der Waals surface area contributed by atoms with Gasteiger partial charge in [0.05, 0.1) is 42.5 Å². The van der Waals surface area contributed by atoms with Gasteiger partial charge in [-0.05, 0) is 64.8 Å². The highest BCUT2D eigenvalue weighted by Crippen LogP contribution is 2.37. The van der Waals surface area contributed by atoms with Gasteiger partial charge in [-0.1, -0.05) is 30.3 Å². The molecule has 222 valence electrons. The summed E-state index contributed by atoms with van der Waals surface area (Å²) in [5, 5.41) is 33.3. The second-order valence-electron chi connectivity index (χ2n) is 10.1. The van der Waals surface area contributed by atoms with Crippen molar-refractivity contribution in [2.45, 2.75) is 56.6 Å². The summed E-state index contributed by atoms with van der Waals surface area (Å²) in [7, 11) is 1.48. The number of nitrogens with one attached hydrogen (secondary N) is 1. The zero-order valence-corrected chi connectivity index (χ0v) is 25.2. The zero-order valence-electron chi connectivity index (χ0n) is 23.0. The molecule has 4 N–H and O–H groups in total. The number of halogens is 1. The monoisotopic (exact) mass is 680 g/mol. The highest BCUT2D eigenvalue weighted by molar-refractivity contribution is 14.1. The first-order valence-electron chi connectivity index (χ1n) is 13.7. The Morgan fingerprint density at radius 3 is 2.61 bits per heavy atom. The lowest BCUT2D eigenvalue weighted by Crippen LogP contribution is -2.57. The summed E-state index contributed by atoms with van der Waals surface area (Å²) < 4.78 is 18.3. The van der Waals surface area contributed by atoms with E-state index in [1.165, 1.54) is 7.11 Å². The van der Waals surface area contributed by atoms with Gasteiger partial charge in [0.25, 0.3) is 0 Å². The Morgan fingerprint density at radius 1 is 1.17 bits per heavy atom. The molecule has 4 rings (SSSR count). The molecule has 11 heteroatoms. The highest BCUT2D eigenvalue weighted by atomic mass is 127. The average molecular weight is 681 g/mol. The van der Waals surface area contributed by atoms with Crippen molar-refractivity contribution >= 4 is 34.4 Å². The molecule has 0 radical (unpaired) electrons. The average Bonchev–Trinajstić information content (AvgIpc) is 3.50. The van der Waals surface area contributed by atoms with E-state index < -0.39 is 24.2 Å². The van der Waals surface area contributed by atoms with Crippen LogP contribution in [0.1, 0.15) is 30.4 Å². The predicted octanol–water partition coefficient (Wildman–Crippen LogP) is 1.96. The lowest BCUT2D eigenvalue weighted by molar-refractivity contribution is -0.140. The number of ether oxygens (including phenoxy) is 3. The quantitative estimate of drug-likeness (QED) is 0.250. The summed E-state index contributed by atoms with van der Waals surface area (Å²) in [6, 6.07) is 12.0. The van der Waals surface area contributed by atoms with Gasteiger partial charge in [-0.3, -0.25) is 9.59 Å². The maximum absolute atomic E-state index is 13.8. The van der Waals surface area contributed by atoms with E-state index in [0.29, 0.717) is 32.8 Å². The first kappa shape index (κ1) is 31.2. The molecule has 0 spiro atoms. The summed E-state index contributed by atoms with van der Waals surface area (Å²) in [6.45, 7) is 0.546. The Labute approximate surface area is 253 Å². The summed E-state index contributed by atoms with van der Waals surface area (Å²) in [4.78, 5) is 28.5. The van der Waals surface area contributed by atoms with Gasteiger partial charge < -0.3 is 39.7 Å². The van der Waals surface area contributed by atoms with Crippen LogP contribution in [-0.4, -0.2) is 89.8 Å². The van der Waals surface area contributed by atoms with Gasteiger partial charge in [0.1, 0.15) is 12.2 Å². The lowest BCUT2D eigenvalue weighted by atomic mass is 9.87. The second kappa shape index (κ2) is 15.0. The van der Waals surface area contributed by atoms with Gasteiger partial charge in [-0.25, -0.2) is 0 Å². The van der Waals surface area contributed by atoms with Crippen molar-refractivity contribution in [3.8, 4) is 11.5 Å². The third-order valence-electron chi connectivity index (χ3n) is 7.28. The molecule has 2 aliphatic rings. The van der Waals surface area contributed by atoms with E-state index in [1.807, 2.05) is 30.3 Å². The third kappa shape index (κ3) is 7.98. The topological polar surface area (TPSA) is 138 Å². The van der Waals surface area contributed by atoms with E-state index >= 15 is 0 Å². The van der Waals surface area contributed by atoms with Gasteiger partial charge in [-0.2, -0.15) is 0 Å². The minimum Gasteiger partial charge on any atom is -0.493 e. The number of aliphatic hydroxyl groups is 3. The number of carbonyl (C=O) groups is 2. The van der Waals surface area contributed by atoms with Crippen molar-refractivity contribution in [1.82, 2.24) is 10.2 Å². The first-order chi connectivity index (χ1) is 19.8. The van der Waals surface area contributed by atoms with Gasteiger partial charge in [0.15, 0.2) is 11.5 Å². The molecule has 1 aliphatic carbocycles. The Balaban J connectivity index is 1.69. The number of hydrogen-bond donors (Lipinski definition) is 4. The summed E-state index contributed by atoms with van der Waals surface area (Å²) in [5.41, 5.74) is 1.81. The van der Waals surface area contributed by atoms with E-state index in [4.69, 9.17) is 14.2 Å². The van der Waals surface area contributed by atoms with E-state index in [9.17, 15) is 24.9 Å². The molecule has 4 atom stereocenters. The predicted molar refractivity (Wildman–Crippen MR) is 159 cm³/mol. The summed E-state index contributed by atoms with van der Waals surface area (Å²) in [5.74, 6) is 0.120. The molecular weight excluding hydrogens is 643 g/mol. The molecule has 1 fully saturated rings. The van der Waals surface area contributed by atoms with E-state index in [0.717, 1.165) is 18.4 Å². The van der Waals surface area contributed by atoms with Crippen LogP contribution in [-0.2, 0) is 27.4 Å². The van der Waals surface area contributed by atoms with Crippen molar-refractivity contribution in [1.29, 1.82) is 0 Å². The molecule has 10 nitrogen and oxygen atoms in total. The molecular formula is C30H37IN2O8. The molecule has 0 saturated carbocycles. The molecule has 2 aromatic carbocycles. The van der Waals surface area contributed by atoms with E-state index in [2.05, 4.69) is 27.9 Å². The van der Waals surface area contributed by atoms with Crippen LogP contribution in [0.5, 0.6) is 11.5 Å². The van der Waals surface area contributed by atoms with Crippen molar-refractivity contribution in [3.63, 3.8) is 0 Å². The fourth-order valence-electron chi connectivity index (χ4n) is 5.20. The summed E-state index contributed by atoms with van der Waals surface area (Å²) >= 11 is 2.07. The number of nitrogens with zero attached hydrogens (tertiary/aromatic N) is 1. The molecule has 0 bridgehead atoms. The Hall–Kier alpha value is -2.71. The maximum atomic E-state index is 13.8. The van der Waals surface area contributed by atoms with E-state index in [-0.39, 0.29) is 51.2 Å². The largest absolute Gasteiger partial charge is 0.493 e. The second-order valence-corrected chi connectivity index (χ2v) is 11.3. The first-order valence-corrected chi connectivity index (χ1v) is 14.8. The maximum Gasteiger partial charge on any atom is 0.247 e.